The van der Waals surface area contributed by atoms with Crippen molar-refractivity contribution < 1.29 is 14.3 Å². The maximum Gasteiger partial charge on any atom is 0.234 e. The third kappa shape index (κ3) is 8.84. The summed E-state index contributed by atoms with van der Waals surface area (Å²) in [6, 6.07) is 0. The van der Waals surface area contributed by atoms with Crippen molar-refractivity contribution in [3.8, 4) is 0 Å². The van der Waals surface area contributed by atoms with Crippen LogP contribution in [0, 0.1) is 11.3 Å². The minimum Gasteiger partial charge on any atom is -0.383 e. The summed E-state index contributed by atoms with van der Waals surface area (Å²) < 4.78 is 11.1. The summed E-state index contributed by atoms with van der Waals surface area (Å²) in [6.07, 6.45) is 2.59. The second-order valence-corrected chi connectivity index (χ2v) is 9.09. The van der Waals surface area contributed by atoms with Gasteiger partial charge >= 0.3 is 0 Å². The molecular formula is C21H42IN5O3. The number of nitrogens with one attached hydrogen (secondary N) is 2. The maximum atomic E-state index is 12.0. The van der Waals surface area contributed by atoms with Gasteiger partial charge in [0.05, 0.1) is 19.3 Å². The van der Waals surface area contributed by atoms with Gasteiger partial charge in [0, 0.05) is 66.0 Å². The lowest BCUT2D eigenvalue weighted by Crippen LogP contribution is -2.55. The van der Waals surface area contributed by atoms with Gasteiger partial charge in [0.2, 0.25) is 5.91 Å². The SMILES string of the molecule is CN=C(NCC1CCCOC1C(C)(C)C)N1CCN(CC(=O)NCCOC)CC1.I. The van der Waals surface area contributed by atoms with Crippen LogP contribution in [-0.4, -0.2) is 101 Å². The highest BCUT2D eigenvalue weighted by Crippen LogP contribution is 2.33. The zero-order valence-electron chi connectivity index (χ0n) is 19.4. The summed E-state index contributed by atoms with van der Waals surface area (Å²) in [5.74, 6) is 1.51. The largest absolute Gasteiger partial charge is 0.383 e. The van der Waals surface area contributed by atoms with E-state index >= 15 is 0 Å². The molecule has 0 aliphatic carbocycles. The molecule has 0 aromatic heterocycles. The summed E-state index contributed by atoms with van der Waals surface area (Å²) >= 11 is 0. The first-order valence-electron chi connectivity index (χ1n) is 10.9. The monoisotopic (exact) mass is 539 g/mol. The summed E-state index contributed by atoms with van der Waals surface area (Å²) in [7, 11) is 3.48. The van der Waals surface area contributed by atoms with E-state index in [0.29, 0.717) is 25.6 Å². The lowest BCUT2D eigenvalue weighted by Gasteiger charge is -2.41. The molecule has 0 saturated carbocycles. The summed E-state index contributed by atoms with van der Waals surface area (Å²) in [5, 5.41) is 6.47. The van der Waals surface area contributed by atoms with Gasteiger partial charge in [-0.25, -0.2) is 0 Å². The zero-order valence-corrected chi connectivity index (χ0v) is 21.7. The number of amides is 1. The first-order chi connectivity index (χ1) is 13.8. The minimum atomic E-state index is 0. The highest BCUT2D eigenvalue weighted by atomic mass is 127. The number of halogens is 1. The van der Waals surface area contributed by atoms with Crippen molar-refractivity contribution in [2.75, 3.05) is 73.2 Å². The fourth-order valence-corrected chi connectivity index (χ4v) is 4.23. The normalized spacial score (nSPS) is 23.6. The van der Waals surface area contributed by atoms with Crippen molar-refractivity contribution in [1.29, 1.82) is 0 Å². The number of ether oxygens (including phenoxy) is 2. The predicted molar refractivity (Wildman–Crippen MR) is 132 cm³/mol. The smallest absolute Gasteiger partial charge is 0.234 e. The number of hydrogen-bond donors (Lipinski definition) is 2. The lowest BCUT2D eigenvalue weighted by molar-refractivity contribution is -0.122. The quantitative estimate of drug-likeness (QED) is 0.221. The van der Waals surface area contributed by atoms with Crippen molar-refractivity contribution in [2.45, 2.75) is 39.7 Å². The Morgan fingerprint density at radius 2 is 1.90 bits per heavy atom. The fourth-order valence-electron chi connectivity index (χ4n) is 4.23. The van der Waals surface area contributed by atoms with Crippen LogP contribution in [-0.2, 0) is 14.3 Å². The number of hydrogen-bond acceptors (Lipinski definition) is 5. The van der Waals surface area contributed by atoms with Gasteiger partial charge in [0.25, 0.3) is 0 Å². The summed E-state index contributed by atoms with van der Waals surface area (Å²) in [4.78, 5) is 21.0. The van der Waals surface area contributed by atoms with Gasteiger partial charge in [0.1, 0.15) is 0 Å². The number of carbonyl (C=O) groups excluding carboxylic acids is 1. The molecule has 2 rings (SSSR count). The van der Waals surface area contributed by atoms with E-state index in [1.165, 1.54) is 6.42 Å². The van der Waals surface area contributed by atoms with E-state index in [9.17, 15) is 4.79 Å². The van der Waals surface area contributed by atoms with Crippen molar-refractivity contribution in [2.24, 2.45) is 16.3 Å². The molecule has 2 unspecified atom stereocenters. The van der Waals surface area contributed by atoms with E-state index in [1.54, 1.807) is 7.11 Å². The highest BCUT2D eigenvalue weighted by Gasteiger charge is 2.35. The van der Waals surface area contributed by atoms with Crippen LogP contribution in [0.25, 0.3) is 0 Å². The van der Waals surface area contributed by atoms with Crippen LogP contribution in [0.3, 0.4) is 0 Å². The first-order valence-corrected chi connectivity index (χ1v) is 10.9. The molecule has 2 fully saturated rings. The van der Waals surface area contributed by atoms with Gasteiger partial charge in [0.15, 0.2) is 5.96 Å². The number of guanidine groups is 1. The molecule has 0 spiro atoms. The van der Waals surface area contributed by atoms with Crippen molar-refractivity contribution in [3.63, 3.8) is 0 Å². The molecule has 2 saturated heterocycles. The summed E-state index contributed by atoms with van der Waals surface area (Å²) in [5.41, 5.74) is 0.145. The standard InChI is InChI=1S/C21H41N5O3.HI/c1-21(2,3)19-17(7-6-13-29-19)15-24-20(22-4)26-11-9-25(10-12-26)16-18(27)23-8-14-28-5;/h17,19H,6-16H2,1-5H3,(H,22,24)(H,23,27);1H. The van der Waals surface area contributed by atoms with E-state index in [-0.39, 0.29) is 41.4 Å². The van der Waals surface area contributed by atoms with E-state index in [1.807, 2.05) is 7.05 Å². The van der Waals surface area contributed by atoms with Crippen LogP contribution in [0.5, 0.6) is 0 Å². The van der Waals surface area contributed by atoms with Crippen LogP contribution in [0.15, 0.2) is 4.99 Å². The minimum absolute atomic E-state index is 0. The average Bonchev–Trinajstić information content (AvgIpc) is 2.69. The second kappa shape index (κ2) is 13.7. The number of methoxy groups -OCH3 is 1. The van der Waals surface area contributed by atoms with E-state index in [4.69, 9.17) is 9.47 Å². The molecule has 0 aromatic carbocycles. The zero-order chi connectivity index (χ0) is 21.3. The van der Waals surface area contributed by atoms with E-state index in [0.717, 1.165) is 51.7 Å². The number of carbonyl (C=O) groups is 1. The number of piperazine rings is 1. The molecule has 2 atom stereocenters. The van der Waals surface area contributed by atoms with Crippen LogP contribution >= 0.6 is 24.0 Å². The Hall–Kier alpha value is -0.650. The van der Waals surface area contributed by atoms with Crippen molar-refractivity contribution in [1.82, 2.24) is 20.4 Å². The van der Waals surface area contributed by atoms with Crippen molar-refractivity contribution >= 4 is 35.8 Å². The maximum absolute atomic E-state index is 12.0. The third-order valence-corrected chi connectivity index (χ3v) is 5.70. The molecular weight excluding hydrogens is 497 g/mol. The molecule has 2 heterocycles. The molecule has 0 aromatic rings. The molecule has 2 aliphatic heterocycles. The molecule has 9 heteroatoms. The van der Waals surface area contributed by atoms with Gasteiger partial charge in [-0.15, -0.1) is 24.0 Å². The third-order valence-electron chi connectivity index (χ3n) is 5.70. The summed E-state index contributed by atoms with van der Waals surface area (Å²) in [6.45, 7) is 13.5. The lowest BCUT2D eigenvalue weighted by atomic mass is 9.78. The van der Waals surface area contributed by atoms with Gasteiger partial charge in [-0.2, -0.15) is 0 Å². The Labute approximate surface area is 199 Å². The number of nitrogens with zero attached hydrogens (tertiary/aromatic N) is 3. The number of aliphatic imine (C=N–C) groups is 1. The Balaban J connectivity index is 0.00000450. The molecule has 0 bridgehead atoms. The number of rotatable bonds is 7. The van der Waals surface area contributed by atoms with Gasteiger partial charge in [-0.1, -0.05) is 20.8 Å². The molecule has 2 aliphatic rings. The Bertz CT molecular complexity index is 533. The predicted octanol–water partition coefficient (Wildman–Crippen LogP) is 1.40. The Kier molecular flexibility index (Phi) is 12.5. The van der Waals surface area contributed by atoms with Crippen LogP contribution in [0.1, 0.15) is 33.6 Å². The van der Waals surface area contributed by atoms with E-state index in [2.05, 4.69) is 46.2 Å². The van der Waals surface area contributed by atoms with Crippen molar-refractivity contribution in [3.05, 3.63) is 0 Å². The molecule has 30 heavy (non-hydrogen) atoms. The van der Waals surface area contributed by atoms with E-state index < -0.39 is 0 Å². The molecule has 0 radical (unpaired) electrons. The fraction of sp³-hybridized carbons (Fsp3) is 0.905. The van der Waals surface area contributed by atoms with Gasteiger partial charge in [-0.3, -0.25) is 14.7 Å². The topological polar surface area (TPSA) is 78.4 Å². The van der Waals surface area contributed by atoms with Crippen LogP contribution < -0.4 is 10.6 Å². The molecule has 1 amide bonds. The van der Waals surface area contributed by atoms with Gasteiger partial charge in [-0.05, 0) is 18.3 Å². The Morgan fingerprint density at radius 3 is 2.50 bits per heavy atom. The van der Waals surface area contributed by atoms with Crippen LogP contribution in [0.2, 0.25) is 0 Å². The Morgan fingerprint density at radius 1 is 1.20 bits per heavy atom. The highest BCUT2D eigenvalue weighted by molar-refractivity contribution is 14.0. The first kappa shape index (κ1) is 27.4. The molecule has 176 valence electrons. The van der Waals surface area contributed by atoms with Gasteiger partial charge < -0.3 is 25.0 Å². The van der Waals surface area contributed by atoms with Crippen LogP contribution in [0.4, 0.5) is 0 Å². The molecule has 2 N–H and O–H groups in total. The molecule has 8 nitrogen and oxygen atoms in total. The second-order valence-electron chi connectivity index (χ2n) is 9.09. The average molecular weight is 540 g/mol.